The molecule has 0 bridgehead atoms. The van der Waals surface area contributed by atoms with Crippen LogP contribution in [0.1, 0.15) is 25.3 Å². The average molecular weight is 222 g/mol. The van der Waals surface area contributed by atoms with Crippen LogP contribution < -0.4 is 11.1 Å². The van der Waals surface area contributed by atoms with Crippen LogP contribution in [-0.4, -0.2) is 6.54 Å². The van der Waals surface area contributed by atoms with Crippen molar-refractivity contribution in [3.63, 3.8) is 0 Å². The Morgan fingerprint density at radius 2 is 2.25 bits per heavy atom. The molecular formula is C13H19FN2. The molecule has 2 rings (SSSR count). The van der Waals surface area contributed by atoms with Crippen LogP contribution in [0.15, 0.2) is 18.2 Å². The van der Waals surface area contributed by atoms with Crippen LogP contribution >= 0.6 is 0 Å². The van der Waals surface area contributed by atoms with Gasteiger partial charge in [-0.3, -0.25) is 0 Å². The first kappa shape index (κ1) is 11.4. The molecule has 0 saturated heterocycles. The van der Waals surface area contributed by atoms with Gasteiger partial charge < -0.3 is 11.1 Å². The van der Waals surface area contributed by atoms with E-state index in [2.05, 4.69) is 12.2 Å². The average Bonchev–Trinajstić information content (AvgIpc) is 3.04. The summed E-state index contributed by atoms with van der Waals surface area (Å²) in [6, 6.07) is 4.87. The molecule has 3 heteroatoms. The predicted octanol–water partition coefficient (Wildman–Crippen LogP) is 2.54. The second-order valence-electron chi connectivity index (χ2n) is 4.80. The number of anilines is 1. The smallest absolute Gasteiger partial charge is 0.129 e. The molecule has 1 aliphatic rings. The molecule has 0 aliphatic heterocycles. The van der Waals surface area contributed by atoms with E-state index in [1.807, 2.05) is 0 Å². The molecule has 3 N–H and O–H groups in total. The van der Waals surface area contributed by atoms with Crippen molar-refractivity contribution in [3.8, 4) is 0 Å². The van der Waals surface area contributed by atoms with Gasteiger partial charge in [-0.1, -0.05) is 13.0 Å². The molecule has 0 aromatic heterocycles. The Labute approximate surface area is 96.0 Å². The van der Waals surface area contributed by atoms with Gasteiger partial charge in [0.1, 0.15) is 5.82 Å². The highest BCUT2D eigenvalue weighted by molar-refractivity contribution is 5.40. The first-order chi connectivity index (χ1) is 7.66. The van der Waals surface area contributed by atoms with E-state index in [1.165, 1.54) is 18.9 Å². The van der Waals surface area contributed by atoms with E-state index in [4.69, 9.17) is 5.73 Å². The first-order valence-electron chi connectivity index (χ1n) is 5.91. The third kappa shape index (κ3) is 2.95. The van der Waals surface area contributed by atoms with E-state index >= 15 is 0 Å². The van der Waals surface area contributed by atoms with Crippen LogP contribution in [-0.2, 0) is 6.54 Å². The van der Waals surface area contributed by atoms with Crippen molar-refractivity contribution in [3.05, 3.63) is 29.6 Å². The minimum atomic E-state index is -0.216. The zero-order valence-corrected chi connectivity index (χ0v) is 9.67. The standard InChI is InChI=1S/C13H19FN2/c1-9(10-2-3-10)7-16-8-11-4-5-12(15)6-13(11)14/h4-6,9-10,16H,2-3,7-8,15H2,1H3. The van der Waals surface area contributed by atoms with Crippen molar-refractivity contribution in [2.45, 2.75) is 26.3 Å². The highest BCUT2D eigenvalue weighted by Gasteiger charge is 2.27. The molecule has 1 aromatic carbocycles. The van der Waals surface area contributed by atoms with Crippen molar-refractivity contribution in [2.75, 3.05) is 12.3 Å². The van der Waals surface area contributed by atoms with Gasteiger partial charge in [-0.05, 0) is 43.4 Å². The minimum absolute atomic E-state index is 0.216. The molecule has 1 fully saturated rings. The Bertz CT molecular complexity index is 361. The molecular weight excluding hydrogens is 203 g/mol. The summed E-state index contributed by atoms with van der Waals surface area (Å²) in [4.78, 5) is 0. The molecule has 1 saturated carbocycles. The summed E-state index contributed by atoms with van der Waals surface area (Å²) in [5.41, 5.74) is 6.66. The van der Waals surface area contributed by atoms with Crippen LogP contribution in [0.4, 0.5) is 10.1 Å². The Kier molecular flexibility index (Phi) is 3.44. The third-order valence-electron chi connectivity index (χ3n) is 3.29. The van der Waals surface area contributed by atoms with E-state index in [-0.39, 0.29) is 5.82 Å². The fourth-order valence-electron chi connectivity index (χ4n) is 1.97. The summed E-state index contributed by atoms with van der Waals surface area (Å²) in [5.74, 6) is 1.38. The van der Waals surface area contributed by atoms with Gasteiger partial charge in [-0.25, -0.2) is 4.39 Å². The number of hydrogen-bond donors (Lipinski definition) is 2. The normalized spacial score (nSPS) is 17.4. The van der Waals surface area contributed by atoms with Crippen LogP contribution in [0.25, 0.3) is 0 Å². The summed E-state index contributed by atoms with van der Waals surface area (Å²) >= 11 is 0. The highest BCUT2D eigenvalue weighted by atomic mass is 19.1. The number of nitrogens with one attached hydrogen (secondary N) is 1. The second-order valence-corrected chi connectivity index (χ2v) is 4.80. The van der Waals surface area contributed by atoms with Crippen molar-refractivity contribution >= 4 is 5.69 Å². The van der Waals surface area contributed by atoms with Gasteiger partial charge in [0.15, 0.2) is 0 Å². The molecule has 16 heavy (non-hydrogen) atoms. The Hall–Kier alpha value is -1.09. The van der Waals surface area contributed by atoms with Crippen LogP contribution in [0.3, 0.4) is 0 Å². The Morgan fingerprint density at radius 1 is 1.50 bits per heavy atom. The van der Waals surface area contributed by atoms with E-state index in [1.54, 1.807) is 12.1 Å². The lowest BCUT2D eigenvalue weighted by atomic mass is 10.1. The van der Waals surface area contributed by atoms with Crippen molar-refractivity contribution < 1.29 is 4.39 Å². The molecule has 1 unspecified atom stereocenters. The van der Waals surface area contributed by atoms with Gasteiger partial charge in [0.25, 0.3) is 0 Å². The molecule has 1 aromatic rings. The number of halogens is 1. The fraction of sp³-hybridized carbons (Fsp3) is 0.538. The number of nitrogens with two attached hydrogens (primary N) is 1. The summed E-state index contributed by atoms with van der Waals surface area (Å²) in [5, 5.41) is 3.30. The zero-order valence-electron chi connectivity index (χ0n) is 9.67. The maximum atomic E-state index is 13.4. The van der Waals surface area contributed by atoms with Gasteiger partial charge in [0, 0.05) is 17.8 Å². The van der Waals surface area contributed by atoms with Crippen LogP contribution in [0.2, 0.25) is 0 Å². The highest BCUT2D eigenvalue weighted by Crippen LogP contribution is 2.36. The fourth-order valence-corrected chi connectivity index (χ4v) is 1.97. The maximum Gasteiger partial charge on any atom is 0.129 e. The molecule has 0 radical (unpaired) electrons. The lowest BCUT2D eigenvalue weighted by molar-refractivity contribution is 0.457. The summed E-state index contributed by atoms with van der Waals surface area (Å²) in [7, 11) is 0. The van der Waals surface area contributed by atoms with E-state index in [9.17, 15) is 4.39 Å². The van der Waals surface area contributed by atoms with Gasteiger partial charge in [-0.2, -0.15) is 0 Å². The molecule has 0 heterocycles. The number of benzene rings is 1. The summed E-state index contributed by atoms with van der Waals surface area (Å²) in [6.45, 7) is 3.81. The van der Waals surface area contributed by atoms with E-state index in [0.29, 0.717) is 23.7 Å². The lowest BCUT2D eigenvalue weighted by Gasteiger charge is -2.11. The number of hydrogen-bond acceptors (Lipinski definition) is 2. The minimum Gasteiger partial charge on any atom is -0.399 e. The van der Waals surface area contributed by atoms with Gasteiger partial charge >= 0.3 is 0 Å². The number of rotatable bonds is 5. The predicted molar refractivity (Wildman–Crippen MR) is 64.4 cm³/mol. The maximum absolute atomic E-state index is 13.4. The quantitative estimate of drug-likeness (QED) is 0.751. The zero-order chi connectivity index (χ0) is 11.5. The lowest BCUT2D eigenvalue weighted by Crippen LogP contribution is -2.22. The Morgan fingerprint density at radius 3 is 2.88 bits per heavy atom. The molecule has 2 nitrogen and oxygen atoms in total. The summed E-state index contributed by atoms with van der Waals surface area (Å²) < 4.78 is 13.4. The Balaban J connectivity index is 1.80. The van der Waals surface area contributed by atoms with Gasteiger partial charge in [0.05, 0.1) is 0 Å². The molecule has 88 valence electrons. The largest absolute Gasteiger partial charge is 0.399 e. The van der Waals surface area contributed by atoms with Crippen molar-refractivity contribution in [2.24, 2.45) is 11.8 Å². The number of nitrogen functional groups attached to an aromatic ring is 1. The molecule has 1 aliphatic carbocycles. The van der Waals surface area contributed by atoms with Gasteiger partial charge in [-0.15, -0.1) is 0 Å². The topological polar surface area (TPSA) is 38.0 Å². The van der Waals surface area contributed by atoms with Crippen molar-refractivity contribution in [1.29, 1.82) is 0 Å². The van der Waals surface area contributed by atoms with E-state index < -0.39 is 0 Å². The van der Waals surface area contributed by atoms with Gasteiger partial charge in [0.2, 0.25) is 0 Å². The molecule has 0 amide bonds. The summed E-state index contributed by atoms with van der Waals surface area (Å²) in [6.07, 6.45) is 2.72. The second kappa shape index (κ2) is 4.83. The monoisotopic (exact) mass is 222 g/mol. The third-order valence-corrected chi connectivity index (χ3v) is 3.29. The first-order valence-corrected chi connectivity index (χ1v) is 5.91. The van der Waals surface area contributed by atoms with Crippen LogP contribution in [0, 0.1) is 17.7 Å². The molecule has 1 atom stereocenters. The molecule has 0 spiro atoms. The SMILES string of the molecule is CC(CNCc1ccc(N)cc1F)C1CC1. The van der Waals surface area contributed by atoms with Crippen molar-refractivity contribution in [1.82, 2.24) is 5.32 Å². The van der Waals surface area contributed by atoms with Crippen LogP contribution in [0.5, 0.6) is 0 Å². The van der Waals surface area contributed by atoms with E-state index in [0.717, 1.165) is 12.5 Å².